The number of para-hydroxylation sites is 1. The molecule has 2 aliphatic heterocycles. The predicted octanol–water partition coefficient (Wildman–Crippen LogP) is 5.47. The zero-order valence-electron chi connectivity index (χ0n) is 20.6. The smallest absolute Gasteiger partial charge is 0.257 e. The van der Waals surface area contributed by atoms with Gasteiger partial charge in [0, 0.05) is 12.0 Å². The molecule has 0 aliphatic carbocycles. The van der Waals surface area contributed by atoms with Crippen LogP contribution >= 0.6 is 0 Å². The average Bonchev–Trinajstić information content (AvgIpc) is 3.36. The number of benzene rings is 3. The third kappa shape index (κ3) is 5.49. The molecule has 0 bridgehead atoms. The van der Waals surface area contributed by atoms with Gasteiger partial charge in [-0.15, -0.1) is 0 Å². The molecule has 0 spiro atoms. The number of halogens is 1. The van der Waals surface area contributed by atoms with Crippen LogP contribution in [0.5, 0.6) is 5.75 Å². The van der Waals surface area contributed by atoms with Crippen molar-refractivity contribution in [2.45, 2.75) is 31.7 Å². The standard InChI is InChI=1S/C30H32FN3O2/c1-36-29-13-6-5-12-26(29)27-20-28(24-10-7-11-25(31)19-24)34(32-27)30(35)21-33-16-14-23(15-17-33)18-22-8-3-2-4-9-22/h2-13,19,23,28H,14-18,20-21H2,1H3/t28-/m0/s1. The molecule has 3 aromatic carbocycles. The lowest BCUT2D eigenvalue weighted by molar-refractivity contribution is -0.134. The van der Waals surface area contributed by atoms with Crippen LogP contribution in [0, 0.1) is 11.7 Å². The number of hydrogen-bond acceptors (Lipinski definition) is 4. The lowest BCUT2D eigenvalue weighted by Crippen LogP contribution is -2.42. The number of ether oxygens (including phenoxy) is 1. The van der Waals surface area contributed by atoms with Crippen molar-refractivity contribution in [1.82, 2.24) is 9.91 Å². The summed E-state index contributed by atoms with van der Waals surface area (Å²) in [6.07, 6.45) is 3.74. The normalized spacial score (nSPS) is 18.8. The molecule has 5 nitrogen and oxygen atoms in total. The predicted molar refractivity (Wildman–Crippen MR) is 139 cm³/mol. The van der Waals surface area contributed by atoms with Gasteiger partial charge < -0.3 is 4.74 Å². The summed E-state index contributed by atoms with van der Waals surface area (Å²) in [5.74, 6) is 0.978. The fraction of sp³-hybridized carbons (Fsp3) is 0.333. The Labute approximate surface area is 212 Å². The van der Waals surface area contributed by atoms with E-state index >= 15 is 0 Å². The molecular formula is C30H32FN3O2. The number of hydrazone groups is 1. The zero-order valence-corrected chi connectivity index (χ0v) is 20.6. The molecule has 2 heterocycles. The van der Waals surface area contributed by atoms with Crippen LogP contribution in [0.1, 0.15) is 42.0 Å². The van der Waals surface area contributed by atoms with E-state index in [1.54, 1.807) is 18.2 Å². The Morgan fingerprint density at radius 1 is 1.00 bits per heavy atom. The maximum absolute atomic E-state index is 14.1. The van der Waals surface area contributed by atoms with E-state index in [4.69, 9.17) is 9.84 Å². The number of nitrogens with zero attached hydrogens (tertiary/aromatic N) is 3. The van der Waals surface area contributed by atoms with Crippen molar-refractivity contribution in [3.8, 4) is 5.75 Å². The van der Waals surface area contributed by atoms with Gasteiger partial charge in [0.15, 0.2) is 0 Å². The number of rotatable bonds is 7. The van der Waals surface area contributed by atoms with Gasteiger partial charge in [-0.3, -0.25) is 9.69 Å². The lowest BCUT2D eigenvalue weighted by Gasteiger charge is -2.33. The van der Waals surface area contributed by atoms with E-state index in [1.807, 2.05) is 30.3 Å². The molecule has 1 atom stereocenters. The Balaban J connectivity index is 1.29. The van der Waals surface area contributed by atoms with E-state index < -0.39 is 0 Å². The number of likely N-dealkylation sites (tertiary alicyclic amines) is 1. The number of carbonyl (C=O) groups excluding carboxylic acids is 1. The van der Waals surface area contributed by atoms with Crippen molar-refractivity contribution >= 4 is 11.6 Å². The highest BCUT2D eigenvalue weighted by Gasteiger charge is 2.35. The molecule has 1 saturated heterocycles. The average molecular weight is 486 g/mol. The van der Waals surface area contributed by atoms with Crippen molar-refractivity contribution in [2.75, 3.05) is 26.7 Å². The highest BCUT2D eigenvalue weighted by molar-refractivity contribution is 6.05. The Morgan fingerprint density at radius 2 is 1.75 bits per heavy atom. The van der Waals surface area contributed by atoms with Gasteiger partial charge in [0.25, 0.3) is 5.91 Å². The van der Waals surface area contributed by atoms with Crippen molar-refractivity contribution in [1.29, 1.82) is 0 Å². The maximum Gasteiger partial charge on any atom is 0.257 e. The van der Waals surface area contributed by atoms with Crippen LogP contribution in [0.2, 0.25) is 0 Å². The second-order valence-corrected chi connectivity index (χ2v) is 9.67. The number of hydrogen-bond donors (Lipinski definition) is 0. The zero-order chi connectivity index (χ0) is 24.9. The molecule has 0 aromatic heterocycles. The molecule has 1 amide bonds. The molecule has 0 unspecified atom stereocenters. The summed E-state index contributed by atoms with van der Waals surface area (Å²) in [5.41, 5.74) is 3.76. The molecule has 36 heavy (non-hydrogen) atoms. The topological polar surface area (TPSA) is 45.1 Å². The quantitative estimate of drug-likeness (QED) is 0.446. The number of carbonyl (C=O) groups is 1. The first-order valence-corrected chi connectivity index (χ1v) is 12.7. The van der Waals surface area contributed by atoms with Crippen LogP contribution in [-0.4, -0.2) is 48.3 Å². The van der Waals surface area contributed by atoms with Crippen molar-refractivity contribution in [2.24, 2.45) is 11.0 Å². The van der Waals surface area contributed by atoms with Crippen molar-refractivity contribution in [3.63, 3.8) is 0 Å². The summed E-state index contributed by atoms with van der Waals surface area (Å²) in [6.45, 7) is 2.10. The molecule has 1 fully saturated rings. The van der Waals surface area contributed by atoms with E-state index in [0.29, 0.717) is 24.6 Å². The van der Waals surface area contributed by atoms with E-state index in [-0.39, 0.29) is 17.8 Å². The van der Waals surface area contributed by atoms with E-state index in [2.05, 4.69) is 35.2 Å². The third-order valence-electron chi connectivity index (χ3n) is 7.25. The summed E-state index contributed by atoms with van der Waals surface area (Å²) < 4.78 is 19.6. The number of amides is 1. The van der Waals surface area contributed by atoms with E-state index in [1.165, 1.54) is 17.7 Å². The van der Waals surface area contributed by atoms with Crippen LogP contribution in [-0.2, 0) is 11.2 Å². The van der Waals surface area contributed by atoms with Crippen LogP contribution in [0.4, 0.5) is 4.39 Å². The van der Waals surface area contributed by atoms with Crippen LogP contribution in [0.15, 0.2) is 84.0 Å². The van der Waals surface area contributed by atoms with Gasteiger partial charge >= 0.3 is 0 Å². The number of methoxy groups -OCH3 is 1. The highest BCUT2D eigenvalue weighted by atomic mass is 19.1. The van der Waals surface area contributed by atoms with Crippen LogP contribution in [0.3, 0.4) is 0 Å². The summed E-state index contributed by atoms with van der Waals surface area (Å²) in [4.78, 5) is 15.8. The molecular weight excluding hydrogens is 453 g/mol. The Bertz CT molecular complexity index is 1220. The fourth-order valence-electron chi connectivity index (χ4n) is 5.32. The van der Waals surface area contributed by atoms with Crippen LogP contribution in [0.25, 0.3) is 0 Å². The Kier molecular flexibility index (Phi) is 7.42. The fourth-order valence-corrected chi connectivity index (χ4v) is 5.32. The first kappa shape index (κ1) is 24.2. The van der Waals surface area contributed by atoms with Gasteiger partial charge in [-0.1, -0.05) is 54.6 Å². The van der Waals surface area contributed by atoms with Crippen molar-refractivity contribution < 1.29 is 13.9 Å². The lowest BCUT2D eigenvalue weighted by atomic mass is 9.90. The minimum absolute atomic E-state index is 0.0596. The SMILES string of the molecule is COc1ccccc1C1=NN(C(=O)CN2CCC(Cc3ccccc3)CC2)[C@H](c2cccc(F)c2)C1. The molecule has 186 valence electrons. The summed E-state index contributed by atoms with van der Waals surface area (Å²) in [5, 5.41) is 6.32. The Morgan fingerprint density at radius 3 is 2.50 bits per heavy atom. The first-order chi connectivity index (χ1) is 17.6. The monoisotopic (exact) mass is 485 g/mol. The van der Waals surface area contributed by atoms with Crippen molar-refractivity contribution in [3.05, 3.63) is 101 Å². The second kappa shape index (κ2) is 11.0. The van der Waals surface area contributed by atoms with Gasteiger partial charge in [-0.2, -0.15) is 5.10 Å². The first-order valence-electron chi connectivity index (χ1n) is 12.7. The molecule has 2 aliphatic rings. The van der Waals surface area contributed by atoms with Gasteiger partial charge in [-0.25, -0.2) is 9.40 Å². The van der Waals surface area contributed by atoms with Crippen LogP contribution < -0.4 is 4.74 Å². The number of piperidine rings is 1. The van der Waals surface area contributed by atoms with Gasteiger partial charge in [-0.05, 0) is 73.7 Å². The van der Waals surface area contributed by atoms with Gasteiger partial charge in [0.2, 0.25) is 0 Å². The van der Waals surface area contributed by atoms with E-state index in [9.17, 15) is 9.18 Å². The largest absolute Gasteiger partial charge is 0.496 e. The van der Waals surface area contributed by atoms with Gasteiger partial charge in [0.1, 0.15) is 11.6 Å². The minimum atomic E-state index is -0.344. The third-order valence-corrected chi connectivity index (χ3v) is 7.25. The minimum Gasteiger partial charge on any atom is -0.496 e. The summed E-state index contributed by atoms with van der Waals surface area (Å²) >= 11 is 0. The molecule has 0 N–H and O–H groups in total. The summed E-state index contributed by atoms with van der Waals surface area (Å²) in [7, 11) is 1.63. The highest BCUT2D eigenvalue weighted by Crippen LogP contribution is 2.35. The van der Waals surface area contributed by atoms with Gasteiger partial charge in [0.05, 0.1) is 25.4 Å². The molecule has 6 heteroatoms. The second-order valence-electron chi connectivity index (χ2n) is 9.67. The Hall–Kier alpha value is -3.51. The molecule has 3 aromatic rings. The summed E-state index contributed by atoms with van der Waals surface area (Å²) in [6, 6.07) is 24.4. The maximum atomic E-state index is 14.1. The van der Waals surface area contributed by atoms with E-state index in [0.717, 1.165) is 49.2 Å². The molecule has 0 radical (unpaired) electrons. The molecule has 5 rings (SSSR count). The molecule has 0 saturated carbocycles.